The van der Waals surface area contributed by atoms with Crippen molar-refractivity contribution >= 4 is 10.9 Å². The van der Waals surface area contributed by atoms with Gasteiger partial charge in [-0.3, -0.25) is 9.69 Å². The van der Waals surface area contributed by atoms with Crippen LogP contribution in [-0.2, 0) is 24.2 Å². The largest absolute Gasteiger partial charge is 0.396 e. The number of hydrogen-bond acceptors (Lipinski definition) is 5. The highest BCUT2D eigenvalue weighted by atomic mass is 16.5. The molecule has 1 aromatic carbocycles. The summed E-state index contributed by atoms with van der Waals surface area (Å²) in [6.45, 7) is 5.26. The van der Waals surface area contributed by atoms with Crippen LogP contribution in [0.5, 0.6) is 0 Å². The van der Waals surface area contributed by atoms with Crippen LogP contribution in [0.4, 0.5) is 0 Å². The molecule has 6 nitrogen and oxygen atoms in total. The van der Waals surface area contributed by atoms with Crippen LogP contribution in [0.3, 0.4) is 0 Å². The molecule has 2 N–H and O–H groups in total. The van der Waals surface area contributed by atoms with Crippen molar-refractivity contribution in [1.82, 2.24) is 14.8 Å². The molecule has 5 heterocycles. The molecule has 4 aliphatic heterocycles. The third kappa shape index (κ3) is 2.32. The summed E-state index contributed by atoms with van der Waals surface area (Å²) in [4.78, 5) is 15.2. The van der Waals surface area contributed by atoms with Gasteiger partial charge in [-0.15, -0.1) is 0 Å². The van der Waals surface area contributed by atoms with Crippen LogP contribution in [0, 0.1) is 11.8 Å². The van der Waals surface area contributed by atoms with Gasteiger partial charge in [-0.25, -0.2) is 0 Å². The quantitative estimate of drug-likeness (QED) is 0.821. The van der Waals surface area contributed by atoms with Crippen molar-refractivity contribution in [2.45, 2.75) is 37.6 Å². The molecule has 6 rings (SSSR count). The summed E-state index contributed by atoms with van der Waals surface area (Å²) in [5.41, 5.74) is 3.49. The first-order valence-electron chi connectivity index (χ1n) is 10.5. The lowest BCUT2D eigenvalue weighted by atomic mass is 9.83. The normalized spacial score (nSPS) is 34.1. The van der Waals surface area contributed by atoms with Gasteiger partial charge in [0.25, 0.3) is 5.56 Å². The number of ether oxygens (including phenoxy) is 1. The number of morpholine rings is 1. The summed E-state index contributed by atoms with van der Waals surface area (Å²) >= 11 is 0. The van der Waals surface area contributed by atoms with Crippen molar-refractivity contribution in [3.63, 3.8) is 0 Å². The lowest BCUT2D eigenvalue weighted by Gasteiger charge is -2.34. The van der Waals surface area contributed by atoms with E-state index in [1.807, 2.05) is 10.6 Å². The standard InChI is InChI=1S/C22H27N3O3/c26-11-17-18-10-24(13-22(18)12-23-8-19(17)28-22)9-15-7-20(27)25-6-2-4-14-3-1-5-16(15)21(14)25/h1,3,5,7,17-19,23,26H,2,4,6,8-13H2/t17-,18+,19+,22+/m0/s1. The second-order valence-corrected chi connectivity index (χ2v) is 9.05. The van der Waals surface area contributed by atoms with Crippen molar-refractivity contribution in [1.29, 1.82) is 0 Å². The first-order valence-corrected chi connectivity index (χ1v) is 10.5. The number of hydrogen-bond donors (Lipinski definition) is 2. The average Bonchev–Trinajstić information content (AvgIpc) is 3.12. The predicted octanol–water partition coefficient (Wildman–Crippen LogP) is 0.729. The summed E-state index contributed by atoms with van der Waals surface area (Å²) in [5, 5.41) is 14.7. The predicted molar refractivity (Wildman–Crippen MR) is 106 cm³/mol. The number of para-hydroxylation sites is 1. The molecule has 28 heavy (non-hydrogen) atoms. The summed E-state index contributed by atoms with van der Waals surface area (Å²) in [5.74, 6) is 0.570. The van der Waals surface area contributed by atoms with E-state index in [9.17, 15) is 9.90 Å². The molecule has 148 valence electrons. The van der Waals surface area contributed by atoms with E-state index in [4.69, 9.17) is 4.74 Å². The number of pyridine rings is 1. The molecule has 3 saturated heterocycles. The van der Waals surface area contributed by atoms with Crippen LogP contribution in [0.1, 0.15) is 17.5 Å². The summed E-state index contributed by atoms with van der Waals surface area (Å²) < 4.78 is 8.38. The molecule has 1 spiro atoms. The van der Waals surface area contributed by atoms with E-state index in [0.717, 1.165) is 63.2 Å². The molecule has 0 aliphatic carbocycles. The fraction of sp³-hybridized carbons (Fsp3) is 0.591. The molecule has 2 aromatic rings. The Bertz CT molecular complexity index is 1000. The lowest BCUT2D eigenvalue weighted by molar-refractivity contribution is -0.0746. The SMILES string of the molecule is O=c1cc(CN2C[C@@H]3[C@H](CO)[C@H]4CNC[C@]3(C2)O4)c2cccc3c2n1CCC3. The van der Waals surface area contributed by atoms with E-state index in [1.165, 1.54) is 10.9 Å². The van der Waals surface area contributed by atoms with Gasteiger partial charge in [0, 0.05) is 69.2 Å². The second-order valence-electron chi connectivity index (χ2n) is 9.05. The van der Waals surface area contributed by atoms with Crippen LogP contribution < -0.4 is 10.9 Å². The number of benzene rings is 1. The molecular formula is C22H27N3O3. The first kappa shape index (κ1) is 17.2. The molecule has 0 saturated carbocycles. The number of nitrogens with zero attached hydrogens (tertiary/aromatic N) is 2. The van der Waals surface area contributed by atoms with Crippen molar-refractivity contribution in [3.8, 4) is 0 Å². The highest BCUT2D eigenvalue weighted by Gasteiger charge is 2.60. The maximum absolute atomic E-state index is 12.8. The van der Waals surface area contributed by atoms with Gasteiger partial charge in [-0.1, -0.05) is 18.2 Å². The fourth-order valence-electron chi connectivity index (χ4n) is 6.32. The van der Waals surface area contributed by atoms with Gasteiger partial charge in [-0.05, 0) is 24.0 Å². The Hall–Kier alpha value is -1.73. The van der Waals surface area contributed by atoms with Crippen LogP contribution in [0.25, 0.3) is 10.9 Å². The monoisotopic (exact) mass is 381 g/mol. The topological polar surface area (TPSA) is 66.7 Å². The molecule has 4 atom stereocenters. The van der Waals surface area contributed by atoms with Crippen molar-refractivity contribution in [2.75, 3.05) is 32.8 Å². The van der Waals surface area contributed by atoms with Crippen molar-refractivity contribution in [2.24, 2.45) is 11.8 Å². The van der Waals surface area contributed by atoms with E-state index in [-0.39, 0.29) is 29.8 Å². The minimum absolute atomic E-state index is 0.121. The van der Waals surface area contributed by atoms with Gasteiger partial charge in [0.15, 0.2) is 0 Å². The molecule has 6 heteroatoms. The Morgan fingerprint density at radius 3 is 3.18 bits per heavy atom. The lowest BCUT2D eigenvalue weighted by Crippen LogP contribution is -2.52. The Kier molecular flexibility index (Phi) is 3.76. The van der Waals surface area contributed by atoms with Crippen LogP contribution in [-0.4, -0.2) is 59.1 Å². The molecule has 4 aliphatic rings. The van der Waals surface area contributed by atoms with Gasteiger partial charge in [0.2, 0.25) is 0 Å². The highest BCUT2D eigenvalue weighted by Crippen LogP contribution is 2.47. The third-order valence-corrected chi connectivity index (χ3v) is 7.50. The number of likely N-dealkylation sites (tertiary alicyclic amines) is 1. The minimum atomic E-state index is -0.183. The molecule has 0 amide bonds. The fourth-order valence-corrected chi connectivity index (χ4v) is 6.32. The minimum Gasteiger partial charge on any atom is -0.396 e. The molecule has 0 radical (unpaired) electrons. The number of aryl methyl sites for hydroxylation is 2. The van der Waals surface area contributed by atoms with E-state index in [0.29, 0.717) is 5.92 Å². The first-order chi connectivity index (χ1) is 13.7. The number of fused-ring (bicyclic) bond motifs is 1. The zero-order chi connectivity index (χ0) is 18.9. The van der Waals surface area contributed by atoms with Gasteiger partial charge in [0.05, 0.1) is 17.2 Å². The van der Waals surface area contributed by atoms with Crippen LogP contribution in [0.2, 0.25) is 0 Å². The zero-order valence-electron chi connectivity index (χ0n) is 16.1. The number of aromatic nitrogens is 1. The van der Waals surface area contributed by atoms with E-state index in [2.05, 4.69) is 28.4 Å². The Morgan fingerprint density at radius 2 is 2.29 bits per heavy atom. The second kappa shape index (κ2) is 6.13. The summed E-state index contributed by atoms with van der Waals surface area (Å²) in [7, 11) is 0. The zero-order valence-corrected chi connectivity index (χ0v) is 16.1. The van der Waals surface area contributed by atoms with Gasteiger partial charge in [0.1, 0.15) is 0 Å². The smallest absolute Gasteiger partial charge is 0.251 e. The molecule has 1 aromatic heterocycles. The number of aliphatic hydroxyl groups is 1. The molecule has 2 bridgehead atoms. The number of aliphatic hydroxyl groups excluding tert-OH is 1. The maximum atomic E-state index is 12.8. The van der Waals surface area contributed by atoms with Crippen LogP contribution in [0.15, 0.2) is 29.1 Å². The van der Waals surface area contributed by atoms with E-state index in [1.54, 1.807) is 0 Å². The Balaban J connectivity index is 1.35. The Morgan fingerprint density at radius 1 is 1.36 bits per heavy atom. The Labute approximate surface area is 164 Å². The number of rotatable bonds is 3. The summed E-state index contributed by atoms with van der Waals surface area (Å²) in [6, 6.07) is 8.29. The van der Waals surface area contributed by atoms with Crippen molar-refractivity contribution in [3.05, 3.63) is 45.7 Å². The molecule has 3 fully saturated rings. The van der Waals surface area contributed by atoms with Gasteiger partial charge < -0.3 is 19.7 Å². The van der Waals surface area contributed by atoms with Crippen LogP contribution >= 0.6 is 0 Å². The molecular weight excluding hydrogens is 354 g/mol. The summed E-state index contributed by atoms with van der Waals surface area (Å²) in [6.07, 6.45) is 2.22. The van der Waals surface area contributed by atoms with Gasteiger partial charge in [-0.2, -0.15) is 0 Å². The van der Waals surface area contributed by atoms with Crippen molar-refractivity contribution < 1.29 is 9.84 Å². The van der Waals surface area contributed by atoms with E-state index < -0.39 is 0 Å². The third-order valence-electron chi connectivity index (χ3n) is 7.50. The maximum Gasteiger partial charge on any atom is 0.251 e. The average molecular weight is 381 g/mol. The number of nitrogens with one attached hydrogen (secondary N) is 1. The molecule has 0 unspecified atom stereocenters. The highest BCUT2D eigenvalue weighted by molar-refractivity contribution is 5.86. The van der Waals surface area contributed by atoms with Gasteiger partial charge >= 0.3 is 0 Å². The van der Waals surface area contributed by atoms with E-state index >= 15 is 0 Å².